The van der Waals surface area contributed by atoms with Crippen molar-refractivity contribution in [2.45, 2.75) is 26.3 Å². The normalized spacial score (nSPS) is 14.0. The molecule has 0 fully saturated rings. The van der Waals surface area contributed by atoms with Crippen LogP contribution in [0, 0.1) is 6.92 Å². The summed E-state index contributed by atoms with van der Waals surface area (Å²) in [5.41, 5.74) is 2.26. The SMILES string of the molecule is Cc1nc(CC(=O)N2CCc3c(C(=O)O)n[nH]c3C2)cs1. The molecular weight excluding hydrogens is 292 g/mol. The number of aromatic carboxylic acids is 1. The van der Waals surface area contributed by atoms with Crippen LogP contribution in [-0.4, -0.2) is 43.6 Å². The van der Waals surface area contributed by atoms with Crippen molar-refractivity contribution in [1.29, 1.82) is 0 Å². The van der Waals surface area contributed by atoms with Crippen LogP contribution in [0.3, 0.4) is 0 Å². The average Bonchev–Trinajstić information content (AvgIpc) is 3.04. The van der Waals surface area contributed by atoms with E-state index in [1.807, 2.05) is 12.3 Å². The van der Waals surface area contributed by atoms with E-state index >= 15 is 0 Å². The van der Waals surface area contributed by atoms with Crippen LogP contribution in [0.15, 0.2) is 5.38 Å². The third-order valence-electron chi connectivity index (χ3n) is 3.49. The van der Waals surface area contributed by atoms with Crippen molar-refractivity contribution in [3.8, 4) is 0 Å². The predicted molar refractivity (Wildman–Crippen MR) is 75.2 cm³/mol. The van der Waals surface area contributed by atoms with Gasteiger partial charge in [0.25, 0.3) is 0 Å². The monoisotopic (exact) mass is 306 g/mol. The van der Waals surface area contributed by atoms with E-state index < -0.39 is 5.97 Å². The van der Waals surface area contributed by atoms with E-state index in [-0.39, 0.29) is 18.0 Å². The maximum absolute atomic E-state index is 12.3. The standard InChI is InChI=1S/C13H14N4O3S/c1-7-14-8(6-21-7)4-11(18)17-3-2-9-10(5-17)15-16-12(9)13(19)20/h6H,2-5H2,1H3,(H,15,16)(H,19,20). The van der Waals surface area contributed by atoms with Gasteiger partial charge in [-0.2, -0.15) is 5.10 Å². The van der Waals surface area contributed by atoms with Gasteiger partial charge in [-0.15, -0.1) is 11.3 Å². The Morgan fingerprint density at radius 1 is 1.52 bits per heavy atom. The summed E-state index contributed by atoms with van der Waals surface area (Å²) in [6, 6.07) is 0. The van der Waals surface area contributed by atoms with Gasteiger partial charge >= 0.3 is 5.97 Å². The number of H-pyrrole nitrogens is 1. The summed E-state index contributed by atoms with van der Waals surface area (Å²) in [5, 5.41) is 18.4. The predicted octanol–water partition coefficient (Wildman–Crippen LogP) is 1.00. The number of fused-ring (bicyclic) bond motifs is 1. The number of aromatic amines is 1. The highest BCUT2D eigenvalue weighted by Gasteiger charge is 2.27. The number of thiazole rings is 1. The Bertz CT molecular complexity index is 706. The molecule has 0 aliphatic carbocycles. The molecule has 1 amide bonds. The fraction of sp³-hybridized carbons (Fsp3) is 0.385. The molecule has 0 aromatic carbocycles. The Labute approximate surface area is 124 Å². The lowest BCUT2D eigenvalue weighted by atomic mass is 10.0. The van der Waals surface area contributed by atoms with Crippen molar-refractivity contribution in [2.24, 2.45) is 0 Å². The molecular formula is C13H14N4O3S. The molecule has 0 atom stereocenters. The first-order valence-electron chi connectivity index (χ1n) is 6.53. The van der Waals surface area contributed by atoms with E-state index in [0.29, 0.717) is 30.8 Å². The first kappa shape index (κ1) is 13.7. The molecule has 2 aromatic rings. The third-order valence-corrected chi connectivity index (χ3v) is 4.31. The molecule has 0 spiro atoms. The quantitative estimate of drug-likeness (QED) is 0.881. The molecule has 7 nitrogen and oxygen atoms in total. The Hall–Kier alpha value is -2.22. The van der Waals surface area contributed by atoms with Gasteiger partial charge in [-0.3, -0.25) is 9.89 Å². The van der Waals surface area contributed by atoms with E-state index in [9.17, 15) is 9.59 Å². The zero-order chi connectivity index (χ0) is 15.0. The van der Waals surface area contributed by atoms with E-state index in [2.05, 4.69) is 15.2 Å². The van der Waals surface area contributed by atoms with Crippen LogP contribution in [0.25, 0.3) is 0 Å². The number of aryl methyl sites for hydroxylation is 1. The zero-order valence-electron chi connectivity index (χ0n) is 11.4. The van der Waals surface area contributed by atoms with Gasteiger partial charge in [0.1, 0.15) is 0 Å². The fourth-order valence-corrected chi connectivity index (χ4v) is 3.08. The van der Waals surface area contributed by atoms with Crippen molar-refractivity contribution in [2.75, 3.05) is 6.54 Å². The van der Waals surface area contributed by atoms with Gasteiger partial charge in [0.2, 0.25) is 5.91 Å². The lowest BCUT2D eigenvalue weighted by Crippen LogP contribution is -2.37. The Kier molecular flexibility index (Phi) is 3.46. The maximum Gasteiger partial charge on any atom is 0.356 e. The number of nitrogens with one attached hydrogen (secondary N) is 1. The highest BCUT2D eigenvalue weighted by atomic mass is 32.1. The summed E-state index contributed by atoms with van der Waals surface area (Å²) >= 11 is 1.52. The molecule has 3 heterocycles. The number of carboxylic acid groups (broad SMARTS) is 1. The van der Waals surface area contributed by atoms with Gasteiger partial charge in [0.05, 0.1) is 29.4 Å². The van der Waals surface area contributed by atoms with Crippen molar-refractivity contribution < 1.29 is 14.7 Å². The Morgan fingerprint density at radius 2 is 2.33 bits per heavy atom. The van der Waals surface area contributed by atoms with Crippen LogP contribution in [0.5, 0.6) is 0 Å². The molecule has 3 rings (SSSR count). The van der Waals surface area contributed by atoms with Crippen LogP contribution in [0.1, 0.15) is 32.4 Å². The minimum atomic E-state index is -1.04. The minimum Gasteiger partial charge on any atom is -0.476 e. The first-order valence-corrected chi connectivity index (χ1v) is 7.40. The summed E-state index contributed by atoms with van der Waals surface area (Å²) in [4.78, 5) is 29.3. The van der Waals surface area contributed by atoms with Crippen LogP contribution >= 0.6 is 11.3 Å². The maximum atomic E-state index is 12.3. The lowest BCUT2D eigenvalue weighted by Gasteiger charge is -2.26. The molecule has 0 saturated heterocycles. The number of carboxylic acids is 1. The van der Waals surface area contributed by atoms with Gasteiger partial charge in [-0.05, 0) is 13.3 Å². The number of hydrogen-bond acceptors (Lipinski definition) is 5. The third kappa shape index (κ3) is 2.66. The van der Waals surface area contributed by atoms with Gasteiger partial charge in [0.15, 0.2) is 5.69 Å². The van der Waals surface area contributed by atoms with Gasteiger partial charge in [0, 0.05) is 17.5 Å². The highest BCUT2D eigenvalue weighted by molar-refractivity contribution is 7.09. The molecule has 1 aliphatic rings. The second-order valence-electron chi connectivity index (χ2n) is 4.93. The minimum absolute atomic E-state index is 0.00238. The molecule has 2 N–H and O–H groups in total. The number of carbonyl (C=O) groups excluding carboxylic acids is 1. The summed E-state index contributed by atoms with van der Waals surface area (Å²) in [6.45, 7) is 2.79. The number of aromatic nitrogens is 3. The van der Waals surface area contributed by atoms with Crippen LogP contribution in [0.2, 0.25) is 0 Å². The molecule has 0 saturated carbocycles. The molecule has 0 radical (unpaired) electrons. The summed E-state index contributed by atoms with van der Waals surface area (Å²) in [5.74, 6) is -1.04. The molecule has 1 aliphatic heterocycles. The number of carbonyl (C=O) groups is 2. The topological polar surface area (TPSA) is 99.2 Å². The molecule has 0 bridgehead atoms. The van der Waals surface area contributed by atoms with E-state index in [4.69, 9.17) is 5.11 Å². The number of nitrogens with zero attached hydrogens (tertiary/aromatic N) is 3. The Balaban J connectivity index is 1.71. The van der Waals surface area contributed by atoms with Gasteiger partial charge in [-0.25, -0.2) is 9.78 Å². The molecule has 8 heteroatoms. The highest BCUT2D eigenvalue weighted by Crippen LogP contribution is 2.21. The average molecular weight is 306 g/mol. The van der Waals surface area contributed by atoms with Crippen molar-refractivity contribution in [3.63, 3.8) is 0 Å². The molecule has 110 valence electrons. The van der Waals surface area contributed by atoms with E-state index in [1.165, 1.54) is 11.3 Å². The van der Waals surface area contributed by atoms with Gasteiger partial charge in [-0.1, -0.05) is 0 Å². The Morgan fingerprint density at radius 3 is 3.00 bits per heavy atom. The fourth-order valence-electron chi connectivity index (χ4n) is 2.46. The zero-order valence-corrected chi connectivity index (χ0v) is 12.2. The van der Waals surface area contributed by atoms with Crippen LogP contribution in [-0.2, 0) is 24.2 Å². The second kappa shape index (κ2) is 5.28. The van der Waals surface area contributed by atoms with E-state index in [1.54, 1.807) is 4.90 Å². The largest absolute Gasteiger partial charge is 0.476 e. The second-order valence-corrected chi connectivity index (χ2v) is 6.00. The van der Waals surface area contributed by atoms with Crippen LogP contribution < -0.4 is 0 Å². The summed E-state index contributed by atoms with van der Waals surface area (Å²) < 4.78 is 0. The molecule has 21 heavy (non-hydrogen) atoms. The number of hydrogen-bond donors (Lipinski definition) is 2. The lowest BCUT2D eigenvalue weighted by molar-refractivity contribution is -0.131. The number of amides is 1. The van der Waals surface area contributed by atoms with Gasteiger partial charge < -0.3 is 10.0 Å². The summed E-state index contributed by atoms with van der Waals surface area (Å²) in [6.07, 6.45) is 0.787. The van der Waals surface area contributed by atoms with E-state index in [0.717, 1.165) is 10.7 Å². The smallest absolute Gasteiger partial charge is 0.356 e. The van der Waals surface area contributed by atoms with Crippen LogP contribution in [0.4, 0.5) is 0 Å². The first-order chi connectivity index (χ1) is 10.0. The van der Waals surface area contributed by atoms with Crippen molar-refractivity contribution in [3.05, 3.63) is 33.0 Å². The van der Waals surface area contributed by atoms with Crippen molar-refractivity contribution in [1.82, 2.24) is 20.1 Å². The molecule has 2 aromatic heterocycles. The molecule has 0 unspecified atom stereocenters. The number of rotatable bonds is 3. The summed E-state index contributed by atoms with van der Waals surface area (Å²) in [7, 11) is 0. The van der Waals surface area contributed by atoms with Crippen molar-refractivity contribution >= 4 is 23.2 Å².